The van der Waals surface area contributed by atoms with Crippen LogP contribution in [0.3, 0.4) is 0 Å². The topological polar surface area (TPSA) is 89.8 Å². The zero-order valence-corrected chi connectivity index (χ0v) is 14.4. The van der Waals surface area contributed by atoms with Gasteiger partial charge < -0.3 is 4.74 Å². The molecule has 0 radical (unpaired) electrons. The average Bonchev–Trinajstić information content (AvgIpc) is 2.48. The Balaban J connectivity index is 2.40. The second kappa shape index (κ2) is 6.74. The van der Waals surface area contributed by atoms with Gasteiger partial charge in [0.15, 0.2) is 5.75 Å². The molecule has 0 N–H and O–H groups in total. The lowest BCUT2D eigenvalue weighted by Gasteiger charge is -2.31. The van der Waals surface area contributed by atoms with Crippen LogP contribution < -0.4 is 9.04 Å². The molecular formula is C15H22N2O5S. The quantitative estimate of drug-likeness (QED) is 0.606. The van der Waals surface area contributed by atoms with Crippen molar-refractivity contribution in [1.82, 2.24) is 0 Å². The van der Waals surface area contributed by atoms with Crippen molar-refractivity contribution >= 4 is 21.4 Å². The summed E-state index contributed by atoms with van der Waals surface area (Å²) < 4.78 is 30.7. The van der Waals surface area contributed by atoms with Gasteiger partial charge in [0.1, 0.15) is 6.10 Å². The number of ether oxygens (including phenoxy) is 1. The number of nitro benzene ring substituents is 1. The molecule has 1 fully saturated rings. The third-order valence-electron chi connectivity index (χ3n) is 4.30. The number of benzene rings is 1. The van der Waals surface area contributed by atoms with E-state index in [4.69, 9.17) is 4.74 Å². The van der Waals surface area contributed by atoms with Crippen LogP contribution in [0.4, 0.5) is 11.4 Å². The molecule has 8 heteroatoms. The van der Waals surface area contributed by atoms with Crippen LogP contribution in [0.2, 0.25) is 0 Å². The van der Waals surface area contributed by atoms with E-state index < -0.39 is 14.9 Å². The van der Waals surface area contributed by atoms with Crippen LogP contribution in [0.1, 0.15) is 32.6 Å². The maximum atomic E-state index is 11.8. The van der Waals surface area contributed by atoms with Crippen molar-refractivity contribution in [1.29, 1.82) is 0 Å². The molecule has 0 bridgehead atoms. The van der Waals surface area contributed by atoms with Gasteiger partial charge in [0.05, 0.1) is 22.9 Å². The monoisotopic (exact) mass is 342 g/mol. The number of sulfonamides is 1. The number of non-ortho nitro benzene ring substituents is 1. The number of anilines is 1. The zero-order chi connectivity index (χ0) is 17.2. The van der Waals surface area contributed by atoms with Gasteiger partial charge in [-0.3, -0.25) is 14.4 Å². The lowest BCUT2D eigenvalue weighted by molar-refractivity contribution is -0.384. The van der Waals surface area contributed by atoms with Crippen LogP contribution in [-0.4, -0.2) is 32.7 Å². The van der Waals surface area contributed by atoms with Crippen molar-refractivity contribution in [3.63, 3.8) is 0 Å². The Bertz CT molecular complexity index is 689. The number of nitrogens with zero attached hydrogens (tertiary/aromatic N) is 2. The highest BCUT2D eigenvalue weighted by Gasteiger charge is 2.26. The molecule has 1 aliphatic carbocycles. The standard InChI is InChI=1S/C15H22N2O5S/c1-11-6-4-5-7-14(11)22-15-10-12(17(18)19)8-9-13(15)16(2)23(3,20)21/h8-11,14H,4-7H2,1-3H3. The lowest BCUT2D eigenvalue weighted by Crippen LogP contribution is -2.30. The smallest absolute Gasteiger partial charge is 0.273 e. The van der Waals surface area contributed by atoms with E-state index >= 15 is 0 Å². The number of rotatable bonds is 5. The summed E-state index contributed by atoms with van der Waals surface area (Å²) in [4.78, 5) is 10.5. The predicted molar refractivity (Wildman–Crippen MR) is 88.4 cm³/mol. The third kappa shape index (κ3) is 4.13. The second-order valence-electron chi connectivity index (χ2n) is 6.06. The lowest BCUT2D eigenvalue weighted by atomic mass is 9.88. The minimum absolute atomic E-state index is 0.0579. The summed E-state index contributed by atoms with van der Waals surface area (Å²) in [6.45, 7) is 2.08. The summed E-state index contributed by atoms with van der Waals surface area (Å²) in [5.74, 6) is 0.574. The number of hydrogen-bond donors (Lipinski definition) is 0. The van der Waals surface area contributed by atoms with Gasteiger partial charge >= 0.3 is 0 Å². The van der Waals surface area contributed by atoms with Crippen molar-refractivity contribution in [2.75, 3.05) is 17.6 Å². The molecule has 1 aromatic carbocycles. The summed E-state index contributed by atoms with van der Waals surface area (Å²) in [5.41, 5.74) is 0.199. The van der Waals surface area contributed by atoms with E-state index in [-0.39, 0.29) is 17.5 Å². The van der Waals surface area contributed by atoms with E-state index in [0.29, 0.717) is 11.6 Å². The Morgan fingerprint density at radius 1 is 1.30 bits per heavy atom. The summed E-state index contributed by atoms with van der Waals surface area (Å²) in [6.07, 6.45) is 5.12. The van der Waals surface area contributed by atoms with E-state index in [1.54, 1.807) is 0 Å². The van der Waals surface area contributed by atoms with Crippen LogP contribution >= 0.6 is 0 Å². The van der Waals surface area contributed by atoms with E-state index in [1.165, 1.54) is 25.2 Å². The maximum Gasteiger partial charge on any atom is 0.273 e. The molecule has 128 valence electrons. The van der Waals surface area contributed by atoms with Crippen molar-refractivity contribution in [2.45, 2.75) is 38.7 Å². The van der Waals surface area contributed by atoms with Crippen molar-refractivity contribution < 1.29 is 18.1 Å². The Hall–Kier alpha value is -1.83. The molecule has 0 aromatic heterocycles. The molecule has 1 aromatic rings. The molecule has 1 saturated carbocycles. The van der Waals surface area contributed by atoms with Crippen LogP contribution in [0.25, 0.3) is 0 Å². The Morgan fingerprint density at radius 3 is 2.52 bits per heavy atom. The van der Waals surface area contributed by atoms with Gasteiger partial charge in [-0.25, -0.2) is 8.42 Å². The first-order valence-electron chi connectivity index (χ1n) is 7.59. The van der Waals surface area contributed by atoms with Gasteiger partial charge in [0, 0.05) is 13.1 Å². The van der Waals surface area contributed by atoms with Gasteiger partial charge in [0.25, 0.3) is 5.69 Å². The Kier molecular flexibility index (Phi) is 5.13. The van der Waals surface area contributed by atoms with E-state index in [9.17, 15) is 18.5 Å². The fraction of sp³-hybridized carbons (Fsp3) is 0.600. The van der Waals surface area contributed by atoms with Crippen molar-refractivity contribution in [3.8, 4) is 5.75 Å². The van der Waals surface area contributed by atoms with E-state index in [1.807, 2.05) is 0 Å². The fourth-order valence-corrected chi connectivity index (χ4v) is 3.28. The second-order valence-corrected chi connectivity index (χ2v) is 8.07. The molecule has 0 aliphatic heterocycles. The summed E-state index contributed by atoms with van der Waals surface area (Å²) in [6, 6.07) is 4.01. The Labute approximate surface area is 136 Å². The highest BCUT2D eigenvalue weighted by molar-refractivity contribution is 7.92. The van der Waals surface area contributed by atoms with Crippen molar-refractivity contribution in [2.24, 2.45) is 5.92 Å². The third-order valence-corrected chi connectivity index (χ3v) is 5.49. The molecule has 2 rings (SSSR count). The fourth-order valence-electron chi connectivity index (χ4n) is 2.77. The van der Waals surface area contributed by atoms with Crippen LogP contribution in [-0.2, 0) is 10.0 Å². The summed E-state index contributed by atoms with van der Waals surface area (Å²) in [5, 5.41) is 11.0. The molecular weight excluding hydrogens is 320 g/mol. The van der Waals surface area contributed by atoms with E-state index in [2.05, 4.69) is 6.92 Å². The molecule has 2 unspecified atom stereocenters. The van der Waals surface area contributed by atoms with E-state index in [0.717, 1.165) is 36.2 Å². The molecule has 0 saturated heterocycles. The zero-order valence-electron chi connectivity index (χ0n) is 13.6. The highest BCUT2D eigenvalue weighted by atomic mass is 32.2. The number of nitro groups is 1. The summed E-state index contributed by atoms with van der Waals surface area (Å²) >= 11 is 0. The number of hydrogen-bond acceptors (Lipinski definition) is 5. The van der Waals surface area contributed by atoms with Gasteiger partial charge in [-0.05, 0) is 31.2 Å². The van der Waals surface area contributed by atoms with Crippen molar-refractivity contribution in [3.05, 3.63) is 28.3 Å². The normalized spacial score (nSPS) is 21.7. The van der Waals surface area contributed by atoms with Gasteiger partial charge in [-0.15, -0.1) is 0 Å². The van der Waals surface area contributed by atoms with Gasteiger partial charge in [0.2, 0.25) is 10.0 Å². The first-order chi connectivity index (χ1) is 10.7. The van der Waals surface area contributed by atoms with Gasteiger partial charge in [-0.1, -0.05) is 13.3 Å². The molecule has 2 atom stereocenters. The first-order valence-corrected chi connectivity index (χ1v) is 9.44. The minimum atomic E-state index is -3.48. The highest BCUT2D eigenvalue weighted by Crippen LogP contribution is 2.36. The molecule has 7 nitrogen and oxygen atoms in total. The van der Waals surface area contributed by atoms with Crippen LogP contribution in [0.5, 0.6) is 5.75 Å². The Morgan fingerprint density at radius 2 is 1.96 bits per heavy atom. The molecule has 0 heterocycles. The molecule has 0 spiro atoms. The average molecular weight is 342 g/mol. The predicted octanol–water partition coefficient (Wildman–Crippen LogP) is 2.95. The first kappa shape index (κ1) is 17.5. The largest absolute Gasteiger partial charge is 0.488 e. The molecule has 0 amide bonds. The summed E-state index contributed by atoms with van der Waals surface area (Å²) in [7, 11) is -2.07. The van der Waals surface area contributed by atoms with Crippen LogP contribution in [0, 0.1) is 16.0 Å². The van der Waals surface area contributed by atoms with Gasteiger partial charge in [-0.2, -0.15) is 0 Å². The molecule has 23 heavy (non-hydrogen) atoms. The minimum Gasteiger partial charge on any atom is -0.488 e. The molecule has 1 aliphatic rings. The maximum absolute atomic E-state index is 11.8. The SMILES string of the molecule is CC1CCCCC1Oc1cc([N+](=O)[O-])ccc1N(C)S(C)(=O)=O. The van der Waals surface area contributed by atoms with Crippen LogP contribution in [0.15, 0.2) is 18.2 Å².